The molecule has 1 saturated heterocycles. The molecule has 3 N–H and O–H groups in total. The van der Waals surface area contributed by atoms with E-state index in [1.165, 1.54) is 11.3 Å². The van der Waals surface area contributed by atoms with Gasteiger partial charge in [0.15, 0.2) is 5.13 Å². The van der Waals surface area contributed by atoms with E-state index in [-0.39, 0.29) is 5.41 Å². The third-order valence-corrected chi connectivity index (χ3v) is 5.43. The molecule has 1 aromatic heterocycles. The van der Waals surface area contributed by atoms with Crippen LogP contribution in [0.5, 0.6) is 0 Å². The van der Waals surface area contributed by atoms with Crippen LogP contribution >= 0.6 is 11.3 Å². The SMILES string of the molecule is Nc1ncc(C2(O)CCCC23CCOCC3)s1. The van der Waals surface area contributed by atoms with Gasteiger partial charge in [-0.2, -0.15) is 0 Å². The number of hydrogen-bond acceptors (Lipinski definition) is 5. The van der Waals surface area contributed by atoms with Crippen molar-refractivity contribution in [3.63, 3.8) is 0 Å². The van der Waals surface area contributed by atoms with Crippen LogP contribution < -0.4 is 5.73 Å². The van der Waals surface area contributed by atoms with Crippen molar-refractivity contribution in [1.82, 2.24) is 4.98 Å². The fraction of sp³-hybridized carbons (Fsp3) is 0.750. The lowest BCUT2D eigenvalue weighted by atomic mass is 9.68. The smallest absolute Gasteiger partial charge is 0.180 e. The zero-order valence-electron chi connectivity index (χ0n) is 9.82. The van der Waals surface area contributed by atoms with Gasteiger partial charge in [-0.05, 0) is 32.1 Å². The Hall–Kier alpha value is -0.650. The molecule has 17 heavy (non-hydrogen) atoms. The number of aromatic nitrogens is 1. The van der Waals surface area contributed by atoms with Gasteiger partial charge in [0, 0.05) is 24.8 Å². The van der Waals surface area contributed by atoms with E-state index in [4.69, 9.17) is 10.5 Å². The zero-order valence-corrected chi connectivity index (χ0v) is 10.6. The Morgan fingerprint density at radius 2 is 2.06 bits per heavy atom. The van der Waals surface area contributed by atoms with Crippen molar-refractivity contribution in [3.8, 4) is 0 Å². The maximum Gasteiger partial charge on any atom is 0.180 e. The number of rotatable bonds is 1. The van der Waals surface area contributed by atoms with Crippen LogP contribution in [0.1, 0.15) is 37.0 Å². The lowest BCUT2D eigenvalue weighted by molar-refractivity contribution is -0.117. The molecule has 1 spiro atoms. The molecule has 1 aliphatic carbocycles. The largest absolute Gasteiger partial charge is 0.384 e. The summed E-state index contributed by atoms with van der Waals surface area (Å²) in [5, 5.41) is 11.7. The highest BCUT2D eigenvalue weighted by molar-refractivity contribution is 7.15. The van der Waals surface area contributed by atoms with Crippen LogP contribution in [-0.2, 0) is 10.3 Å². The van der Waals surface area contributed by atoms with Crippen molar-refractivity contribution in [2.45, 2.75) is 37.7 Å². The molecule has 1 unspecified atom stereocenters. The summed E-state index contributed by atoms with van der Waals surface area (Å²) in [6, 6.07) is 0. The molecule has 0 radical (unpaired) electrons. The lowest BCUT2D eigenvalue weighted by Gasteiger charge is -2.44. The van der Waals surface area contributed by atoms with Crippen LogP contribution in [0, 0.1) is 5.41 Å². The number of hydrogen-bond donors (Lipinski definition) is 2. The van der Waals surface area contributed by atoms with E-state index < -0.39 is 5.60 Å². The van der Waals surface area contributed by atoms with Gasteiger partial charge in [0.05, 0.1) is 4.88 Å². The Balaban J connectivity index is 1.99. The van der Waals surface area contributed by atoms with Crippen molar-refractivity contribution in [2.75, 3.05) is 18.9 Å². The Morgan fingerprint density at radius 3 is 2.71 bits per heavy atom. The molecule has 1 saturated carbocycles. The molecule has 0 amide bonds. The van der Waals surface area contributed by atoms with E-state index in [0.717, 1.165) is 50.2 Å². The summed E-state index contributed by atoms with van der Waals surface area (Å²) < 4.78 is 5.44. The highest BCUT2D eigenvalue weighted by Gasteiger charge is 2.55. The van der Waals surface area contributed by atoms with Crippen LogP contribution in [0.3, 0.4) is 0 Å². The average molecular weight is 254 g/mol. The van der Waals surface area contributed by atoms with Crippen molar-refractivity contribution < 1.29 is 9.84 Å². The summed E-state index contributed by atoms with van der Waals surface area (Å²) in [5.74, 6) is 0. The lowest BCUT2D eigenvalue weighted by Crippen LogP contribution is -2.44. The maximum atomic E-state index is 11.1. The second-order valence-electron chi connectivity index (χ2n) is 5.17. The molecular weight excluding hydrogens is 236 g/mol. The third kappa shape index (κ3) is 1.60. The van der Waals surface area contributed by atoms with Crippen LogP contribution in [0.15, 0.2) is 6.20 Å². The van der Waals surface area contributed by atoms with E-state index in [0.29, 0.717) is 5.13 Å². The fourth-order valence-corrected chi connectivity index (χ4v) is 4.37. The van der Waals surface area contributed by atoms with Crippen LogP contribution in [-0.4, -0.2) is 23.3 Å². The van der Waals surface area contributed by atoms with E-state index in [9.17, 15) is 5.11 Å². The highest BCUT2D eigenvalue weighted by atomic mass is 32.1. The van der Waals surface area contributed by atoms with Crippen molar-refractivity contribution in [2.24, 2.45) is 5.41 Å². The minimum absolute atomic E-state index is 0.00970. The van der Waals surface area contributed by atoms with Gasteiger partial charge in [0.1, 0.15) is 5.60 Å². The number of nitrogens with two attached hydrogens (primary N) is 1. The zero-order chi connectivity index (χ0) is 11.9. The van der Waals surface area contributed by atoms with Crippen LogP contribution in [0.25, 0.3) is 0 Å². The molecule has 2 aliphatic rings. The Morgan fingerprint density at radius 1 is 1.29 bits per heavy atom. The van der Waals surface area contributed by atoms with E-state index in [1.807, 2.05) is 0 Å². The minimum Gasteiger partial charge on any atom is -0.384 e. The van der Waals surface area contributed by atoms with Gasteiger partial charge in [0.25, 0.3) is 0 Å². The molecule has 3 rings (SSSR count). The van der Waals surface area contributed by atoms with E-state index >= 15 is 0 Å². The summed E-state index contributed by atoms with van der Waals surface area (Å²) >= 11 is 1.43. The van der Waals surface area contributed by atoms with Crippen molar-refractivity contribution >= 4 is 16.5 Å². The number of nitrogen functional groups attached to an aromatic ring is 1. The maximum absolute atomic E-state index is 11.1. The molecule has 2 fully saturated rings. The molecule has 0 bridgehead atoms. The normalized spacial score (nSPS) is 32.1. The molecule has 94 valence electrons. The quantitative estimate of drug-likeness (QED) is 0.803. The number of thiazole rings is 1. The van der Waals surface area contributed by atoms with Gasteiger partial charge in [-0.25, -0.2) is 4.98 Å². The van der Waals surface area contributed by atoms with Gasteiger partial charge in [0.2, 0.25) is 0 Å². The first kappa shape index (κ1) is 11.4. The van der Waals surface area contributed by atoms with Crippen LogP contribution in [0.4, 0.5) is 5.13 Å². The molecule has 5 heteroatoms. The van der Waals surface area contributed by atoms with Crippen LogP contribution in [0.2, 0.25) is 0 Å². The molecular formula is C12H18N2O2S. The summed E-state index contributed by atoms with van der Waals surface area (Å²) in [5.41, 5.74) is 4.95. The predicted octanol–water partition coefficient (Wildman–Crippen LogP) is 1.89. The highest BCUT2D eigenvalue weighted by Crippen LogP contribution is 2.58. The fourth-order valence-electron chi connectivity index (χ4n) is 3.44. The molecule has 0 aromatic carbocycles. The van der Waals surface area contributed by atoms with Gasteiger partial charge in [-0.1, -0.05) is 11.3 Å². The Bertz CT molecular complexity index is 414. The first-order chi connectivity index (χ1) is 8.16. The molecule has 1 atom stereocenters. The summed E-state index contributed by atoms with van der Waals surface area (Å²) in [6.45, 7) is 1.52. The topological polar surface area (TPSA) is 68.4 Å². The second-order valence-corrected chi connectivity index (χ2v) is 6.23. The number of ether oxygens (including phenoxy) is 1. The first-order valence-electron chi connectivity index (χ1n) is 6.18. The van der Waals surface area contributed by atoms with Gasteiger partial charge in [-0.15, -0.1) is 0 Å². The van der Waals surface area contributed by atoms with E-state index in [1.54, 1.807) is 6.20 Å². The minimum atomic E-state index is -0.730. The van der Waals surface area contributed by atoms with E-state index in [2.05, 4.69) is 4.98 Å². The molecule has 1 aliphatic heterocycles. The predicted molar refractivity (Wildman–Crippen MR) is 66.8 cm³/mol. The van der Waals surface area contributed by atoms with Crippen molar-refractivity contribution in [1.29, 1.82) is 0 Å². The second kappa shape index (κ2) is 3.93. The molecule has 1 aromatic rings. The average Bonchev–Trinajstić information content (AvgIpc) is 2.88. The van der Waals surface area contributed by atoms with Gasteiger partial charge in [-0.3, -0.25) is 0 Å². The summed E-state index contributed by atoms with van der Waals surface area (Å²) in [6.07, 6.45) is 6.64. The molecule has 2 heterocycles. The Labute approximate surface area is 105 Å². The Kier molecular flexibility index (Phi) is 2.65. The first-order valence-corrected chi connectivity index (χ1v) is 7.00. The summed E-state index contributed by atoms with van der Waals surface area (Å²) in [4.78, 5) is 5.03. The standard InChI is InChI=1S/C12H18N2O2S/c13-10-14-8-9(17-10)12(15)3-1-2-11(12)4-6-16-7-5-11/h8,15H,1-7H2,(H2,13,14). The third-order valence-electron chi connectivity index (χ3n) is 4.45. The number of anilines is 1. The van der Waals surface area contributed by atoms with Gasteiger partial charge < -0.3 is 15.6 Å². The number of aliphatic hydroxyl groups is 1. The monoisotopic (exact) mass is 254 g/mol. The van der Waals surface area contributed by atoms with Crippen molar-refractivity contribution in [3.05, 3.63) is 11.1 Å². The molecule has 4 nitrogen and oxygen atoms in total. The summed E-state index contributed by atoms with van der Waals surface area (Å²) in [7, 11) is 0. The van der Waals surface area contributed by atoms with Gasteiger partial charge >= 0.3 is 0 Å². The number of nitrogens with zero attached hydrogens (tertiary/aromatic N) is 1.